The van der Waals surface area contributed by atoms with Crippen molar-refractivity contribution in [1.29, 1.82) is 5.26 Å². The quantitative estimate of drug-likeness (QED) is 0.867. The molecule has 2 aromatic rings. The average Bonchev–Trinajstić information content (AvgIpc) is 2.35. The molecule has 2 nitrogen and oxygen atoms in total. The zero-order chi connectivity index (χ0) is 12.3. The number of benzene rings is 2. The van der Waals surface area contributed by atoms with E-state index in [1.54, 1.807) is 0 Å². The van der Waals surface area contributed by atoms with Crippen molar-refractivity contribution in [3.63, 3.8) is 0 Å². The van der Waals surface area contributed by atoms with Gasteiger partial charge in [-0.2, -0.15) is 5.26 Å². The van der Waals surface area contributed by atoms with Gasteiger partial charge in [0, 0.05) is 6.04 Å². The van der Waals surface area contributed by atoms with Gasteiger partial charge in [0.1, 0.15) is 6.04 Å². The maximum atomic E-state index is 9.19. The minimum atomic E-state index is -0.236. The summed E-state index contributed by atoms with van der Waals surface area (Å²) in [5.41, 5.74) is 1.03. The van der Waals surface area contributed by atoms with E-state index in [1.807, 2.05) is 32.0 Å². The Morgan fingerprint density at radius 1 is 1.06 bits per heavy atom. The smallest absolute Gasteiger partial charge is 0.121 e. The number of nitrogens with zero attached hydrogens (tertiary/aromatic N) is 1. The van der Waals surface area contributed by atoms with Crippen LogP contribution >= 0.6 is 0 Å². The van der Waals surface area contributed by atoms with Crippen molar-refractivity contribution in [2.45, 2.75) is 25.9 Å². The van der Waals surface area contributed by atoms with Gasteiger partial charge in [0.2, 0.25) is 0 Å². The molecule has 2 rings (SSSR count). The number of hydrogen-bond donors (Lipinski definition) is 1. The van der Waals surface area contributed by atoms with Crippen LogP contribution in [0.4, 0.5) is 0 Å². The van der Waals surface area contributed by atoms with Crippen molar-refractivity contribution in [3.05, 3.63) is 48.0 Å². The van der Waals surface area contributed by atoms with Crippen molar-refractivity contribution >= 4 is 10.8 Å². The summed E-state index contributed by atoms with van der Waals surface area (Å²) in [4.78, 5) is 0. The van der Waals surface area contributed by atoms with E-state index in [0.29, 0.717) is 6.04 Å². The van der Waals surface area contributed by atoms with Gasteiger partial charge in [-0.25, -0.2) is 0 Å². The van der Waals surface area contributed by atoms with Crippen molar-refractivity contribution in [3.8, 4) is 6.07 Å². The van der Waals surface area contributed by atoms with Gasteiger partial charge in [0.15, 0.2) is 0 Å². The third-order valence-corrected chi connectivity index (χ3v) is 2.74. The monoisotopic (exact) mass is 224 g/mol. The van der Waals surface area contributed by atoms with E-state index in [-0.39, 0.29) is 6.04 Å². The molecular weight excluding hydrogens is 208 g/mol. The molecule has 1 N–H and O–H groups in total. The molecule has 0 amide bonds. The lowest BCUT2D eigenvalue weighted by Gasteiger charge is -2.15. The molecular formula is C15H16N2. The molecule has 1 atom stereocenters. The summed E-state index contributed by atoms with van der Waals surface area (Å²) in [5.74, 6) is 0. The zero-order valence-corrected chi connectivity index (χ0v) is 10.1. The lowest BCUT2D eigenvalue weighted by atomic mass is 10.0. The van der Waals surface area contributed by atoms with E-state index in [9.17, 15) is 5.26 Å². The highest BCUT2D eigenvalue weighted by Gasteiger charge is 2.11. The SMILES string of the molecule is CC(C)NC(C#N)c1ccc2ccccc2c1. The second kappa shape index (κ2) is 4.99. The highest BCUT2D eigenvalue weighted by Crippen LogP contribution is 2.20. The molecule has 0 heterocycles. The third-order valence-electron chi connectivity index (χ3n) is 2.74. The van der Waals surface area contributed by atoms with Crippen LogP contribution in [0.25, 0.3) is 10.8 Å². The predicted octanol–water partition coefficient (Wildman–Crippen LogP) is 3.40. The fourth-order valence-electron chi connectivity index (χ4n) is 1.93. The van der Waals surface area contributed by atoms with Gasteiger partial charge in [0.05, 0.1) is 6.07 Å². The van der Waals surface area contributed by atoms with Crippen LogP contribution in [0.3, 0.4) is 0 Å². The van der Waals surface area contributed by atoms with Crippen molar-refractivity contribution in [2.75, 3.05) is 0 Å². The van der Waals surface area contributed by atoms with Crippen LogP contribution in [0, 0.1) is 11.3 Å². The summed E-state index contributed by atoms with van der Waals surface area (Å²) in [7, 11) is 0. The summed E-state index contributed by atoms with van der Waals surface area (Å²) in [5, 5.41) is 14.8. The second-order valence-corrected chi connectivity index (χ2v) is 4.49. The zero-order valence-electron chi connectivity index (χ0n) is 10.1. The first-order valence-corrected chi connectivity index (χ1v) is 5.85. The number of rotatable bonds is 3. The van der Waals surface area contributed by atoms with E-state index >= 15 is 0 Å². The molecule has 0 radical (unpaired) electrons. The summed E-state index contributed by atoms with van der Waals surface area (Å²) in [6, 6.07) is 16.7. The first kappa shape index (κ1) is 11.6. The highest BCUT2D eigenvalue weighted by molar-refractivity contribution is 5.83. The van der Waals surface area contributed by atoms with Crippen LogP contribution in [-0.4, -0.2) is 6.04 Å². The van der Waals surface area contributed by atoms with E-state index < -0.39 is 0 Å². The van der Waals surface area contributed by atoms with Crippen LogP contribution in [0.2, 0.25) is 0 Å². The Kier molecular flexibility index (Phi) is 3.41. The summed E-state index contributed by atoms with van der Waals surface area (Å²) < 4.78 is 0. The fraction of sp³-hybridized carbons (Fsp3) is 0.267. The fourth-order valence-corrected chi connectivity index (χ4v) is 1.93. The normalized spacial score (nSPS) is 12.6. The van der Waals surface area contributed by atoms with Gasteiger partial charge in [-0.1, -0.05) is 36.4 Å². The molecule has 2 heteroatoms. The number of fused-ring (bicyclic) bond motifs is 1. The number of nitrogens with one attached hydrogen (secondary N) is 1. The molecule has 0 aliphatic carbocycles. The molecule has 0 fully saturated rings. The van der Waals surface area contributed by atoms with Crippen LogP contribution in [0.5, 0.6) is 0 Å². The van der Waals surface area contributed by atoms with Gasteiger partial charge in [-0.3, -0.25) is 5.32 Å². The molecule has 1 unspecified atom stereocenters. The van der Waals surface area contributed by atoms with Crippen LogP contribution in [0.15, 0.2) is 42.5 Å². The summed E-state index contributed by atoms with van der Waals surface area (Å²) in [6.45, 7) is 4.09. The maximum Gasteiger partial charge on any atom is 0.121 e. The minimum Gasteiger partial charge on any atom is -0.296 e. The summed E-state index contributed by atoms with van der Waals surface area (Å²) in [6.07, 6.45) is 0. The van der Waals surface area contributed by atoms with E-state index in [4.69, 9.17) is 0 Å². The van der Waals surface area contributed by atoms with Crippen molar-refractivity contribution < 1.29 is 0 Å². The van der Waals surface area contributed by atoms with E-state index in [0.717, 1.165) is 5.56 Å². The maximum absolute atomic E-state index is 9.19. The molecule has 0 saturated carbocycles. The Morgan fingerprint density at radius 2 is 1.76 bits per heavy atom. The van der Waals surface area contributed by atoms with Gasteiger partial charge in [0.25, 0.3) is 0 Å². The van der Waals surface area contributed by atoms with Gasteiger partial charge >= 0.3 is 0 Å². The highest BCUT2D eigenvalue weighted by atomic mass is 14.9. The molecule has 0 aliphatic heterocycles. The standard InChI is InChI=1S/C15H16N2/c1-11(2)17-15(10-16)14-8-7-12-5-3-4-6-13(12)9-14/h3-9,11,15,17H,1-2H3. The topological polar surface area (TPSA) is 35.8 Å². The Balaban J connectivity index is 2.38. The van der Waals surface area contributed by atoms with Crippen LogP contribution in [-0.2, 0) is 0 Å². The Hall–Kier alpha value is -1.85. The van der Waals surface area contributed by atoms with Gasteiger partial charge in [-0.05, 0) is 36.2 Å². The third kappa shape index (κ3) is 2.64. The Morgan fingerprint density at radius 3 is 2.41 bits per heavy atom. The van der Waals surface area contributed by atoms with Crippen molar-refractivity contribution in [1.82, 2.24) is 5.32 Å². The van der Waals surface area contributed by atoms with Gasteiger partial charge in [-0.15, -0.1) is 0 Å². The number of hydrogen-bond acceptors (Lipinski definition) is 2. The molecule has 2 aromatic carbocycles. The molecule has 0 saturated heterocycles. The molecule has 86 valence electrons. The molecule has 0 spiro atoms. The van der Waals surface area contributed by atoms with Crippen molar-refractivity contribution in [2.24, 2.45) is 0 Å². The molecule has 0 aromatic heterocycles. The van der Waals surface area contributed by atoms with Gasteiger partial charge < -0.3 is 0 Å². The average molecular weight is 224 g/mol. The van der Waals surface area contributed by atoms with E-state index in [2.05, 4.69) is 35.7 Å². The second-order valence-electron chi connectivity index (χ2n) is 4.49. The minimum absolute atomic E-state index is 0.236. The predicted molar refractivity (Wildman–Crippen MR) is 70.6 cm³/mol. The molecule has 0 bridgehead atoms. The largest absolute Gasteiger partial charge is 0.296 e. The molecule has 0 aliphatic rings. The Bertz CT molecular complexity index is 552. The summed E-state index contributed by atoms with van der Waals surface area (Å²) >= 11 is 0. The van der Waals surface area contributed by atoms with Crippen LogP contribution in [0.1, 0.15) is 25.5 Å². The Labute approximate surface area is 102 Å². The molecule has 17 heavy (non-hydrogen) atoms. The lowest BCUT2D eigenvalue weighted by molar-refractivity contribution is 0.546. The first-order chi connectivity index (χ1) is 8.20. The van der Waals surface area contributed by atoms with E-state index in [1.165, 1.54) is 10.8 Å². The number of nitriles is 1. The lowest BCUT2D eigenvalue weighted by Crippen LogP contribution is -2.27. The first-order valence-electron chi connectivity index (χ1n) is 5.85. The van der Waals surface area contributed by atoms with Crippen LogP contribution < -0.4 is 5.32 Å².